The normalized spacial score (nSPS) is 25.4. The van der Waals surface area contributed by atoms with Crippen LogP contribution in [0.25, 0.3) is 43.6 Å². The second-order valence-electron chi connectivity index (χ2n) is 10.1. The molecule has 0 amide bonds. The van der Waals surface area contributed by atoms with Gasteiger partial charge in [0.25, 0.3) is 0 Å². The summed E-state index contributed by atoms with van der Waals surface area (Å²) < 4.78 is 18.0. The molecule has 4 heterocycles. The number of methoxy groups -OCH3 is 1. The molecule has 36 heavy (non-hydrogen) atoms. The molecule has 0 spiro atoms. The predicted octanol–water partition coefficient (Wildman–Crippen LogP) is 4.64. The van der Waals surface area contributed by atoms with Gasteiger partial charge in [-0.05, 0) is 38.7 Å². The van der Waals surface area contributed by atoms with Gasteiger partial charge in [0.1, 0.15) is 12.3 Å². The van der Waals surface area contributed by atoms with Crippen LogP contribution < -0.4 is 10.6 Å². The van der Waals surface area contributed by atoms with E-state index in [0.29, 0.717) is 6.54 Å². The van der Waals surface area contributed by atoms with Crippen LogP contribution in [0.1, 0.15) is 35.5 Å². The van der Waals surface area contributed by atoms with Crippen molar-refractivity contribution in [2.24, 2.45) is 0 Å². The molecule has 2 aromatic heterocycles. The zero-order valence-corrected chi connectivity index (χ0v) is 21.0. The number of nitrogens with one attached hydrogen (secondary N) is 2. The highest BCUT2D eigenvalue weighted by Crippen LogP contribution is 2.52. The lowest BCUT2D eigenvalue weighted by molar-refractivity contribution is -0.256. The number of hydrogen-bond donors (Lipinski definition) is 2. The number of nitrogens with zero attached hydrogens (tertiary/aromatic N) is 2. The molecule has 2 aliphatic heterocycles. The van der Waals surface area contributed by atoms with E-state index < -0.39 is 5.72 Å². The number of rotatable bonds is 5. The first-order chi connectivity index (χ1) is 17.6. The highest BCUT2D eigenvalue weighted by atomic mass is 16.6. The molecule has 0 radical (unpaired) electrons. The maximum Gasteiger partial charge on any atom is 0.173 e. The fourth-order valence-electron chi connectivity index (χ4n) is 7.17. The van der Waals surface area contributed by atoms with E-state index in [2.05, 4.69) is 69.2 Å². The Kier molecular flexibility index (Phi) is 4.67. The van der Waals surface area contributed by atoms with E-state index in [1.807, 2.05) is 20.2 Å². The molecule has 2 bridgehead atoms. The molecule has 7 heteroatoms. The Morgan fingerprint density at radius 3 is 2.42 bits per heavy atom. The van der Waals surface area contributed by atoms with Crippen molar-refractivity contribution in [2.75, 3.05) is 21.2 Å². The van der Waals surface area contributed by atoms with Crippen molar-refractivity contribution in [3.63, 3.8) is 0 Å². The van der Waals surface area contributed by atoms with Gasteiger partial charge in [-0.1, -0.05) is 36.4 Å². The number of ether oxygens (including phenoxy) is 2. The molecule has 7 rings (SSSR count). The van der Waals surface area contributed by atoms with E-state index in [1.54, 1.807) is 7.11 Å². The molecule has 1 fully saturated rings. The minimum Gasteiger partial charge on any atom is -0.375 e. The summed E-state index contributed by atoms with van der Waals surface area (Å²) in [4.78, 5) is 12.8. The third-order valence-electron chi connectivity index (χ3n) is 8.46. The second kappa shape index (κ2) is 7.63. The molecular weight excluding hydrogens is 452 g/mol. The summed E-state index contributed by atoms with van der Waals surface area (Å²) in [7, 11) is 5.69. The van der Waals surface area contributed by atoms with Gasteiger partial charge in [-0.3, -0.25) is 4.79 Å². The highest BCUT2D eigenvalue weighted by Gasteiger charge is 2.52. The molecule has 0 saturated carbocycles. The van der Waals surface area contributed by atoms with Crippen molar-refractivity contribution in [3.05, 3.63) is 59.7 Å². The predicted molar refractivity (Wildman–Crippen MR) is 143 cm³/mol. The minimum absolute atomic E-state index is 0.0720. The van der Waals surface area contributed by atoms with E-state index in [1.165, 1.54) is 0 Å². The summed E-state index contributed by atoms with van der Waals surface area (Å²) in [5.74, 6) is 0. The number of fused-ring (bicyclic) bond motifs is 10. The summed E-state index contributed by atoms with van der Waals surface area (Å²) in [6.45, 7) is 2.73. The maximum absolute atomic E-state index is 12.8. The zero-order valence-electron chi connectivity index (χ0n) is 21.0. The minimum atomic E-state index is -0.778. The average molecular weight is 483 g/mol. The Labute approximate surface area is 208 Å². The first kappa shape index (κ1) is 22.0. The molecule has 5 aromatic rings. The number of likely N-dealkylation sites (N-methyl/N-ethyl adjacent to an activating group) is 1. The van der Waals surface area contributed by atoms with Gasteiger partial charge in [0.05, 0.1) is 22.1 Å². The molecule has 7 nitrogen and oxygen atoms in total. The lowest BCUT2D eigenvalue weighted by Crippen LogP contribution is -2.59. The van der Waals surface area contributed by atoms with Crippen molar-refractivity contribution in [1.29, 1.82) is 0 Å². The van der Waals surface area contributed by atoms with Crippen LogP contribution in [0.15, 0.2) is 48.5 Å². The molecule has 0 aliphatic carbocycles. The van der Waals surface area contributed by atoms with Gasteiger partial charge < -0.3 is 29.2 Å². The third kappa shape index (κ3) is 2.48. The summed E-state index contributed by atoms with van der Waals surface area (Å²) in [5, 5.41) is 11.1. The standard InChI is InChI=1S/C29H30N4O3/c1-29-28(35-4)20(31-3)13-23(36-29)32-21-11-7-5-9-16(21)25-19(15-34)18(14-30-2)24-17-10-6-8-12-22(17)33(29)27(24)26(25)32/h5-12,15,20,23,28,30-31H,13-14H2,1-4H3. The van der Waals surface area contributed by atoms with Crippen LogP contribution in [-0.2, 0) is 21.7 Å². The Balaban J connectivity index is 1.84. The Morgan fingerprint density at radius 2 is 1.75 bits per heavy atom. The van der Waals surface area contributed by atoms with Crippen LogP contribution in [0.3, 0.4) is 0 Å². The summed E-state index contributed by atoms with van der Waals surface area (Å²) in [5.41, 5.74) is 5.31. The summed E-state index contributed by atoms with van der Waals surface area (Å²) >= 11 is 0. The van der Waals surface area contributed by atoms with Gasteiger partial charge in [-0.2, -0.15) is 0 Å². The first-order valence-corrected chi connectivity index (χ1v) is 12.6. The van der Waals surface area contributed by atoms with Crippen molar-refractivity contribution in [2.45, 2.75) is 44.0 Å². The number of hydrogen-bond acceptors (Lipinski definition) is 5. The van der Waals surface area contributed by atoms with Crippen molar-refractivity contribution in [3.8, 4) is 0 Å². The quantitative estimate of drug-likeness (QED) is 0.357. The SMILES string of the molecule is CNCc1c(C=O)c2c3ccccc3n3c2c2c1c1ccccc1n2C1(C)OC3CC(NC)C1OC. The molecular formula is C29H30N4O3. The summed E-state index contributed by atoms with van der Waals surface area (Å²) in [6.07, 6.45) is 1.34. The topological polar surface area (TPSA) is 69.5 Å². The smallest absolute Gasteiger partial charge is 0.173 e. The average Bonchev–Trinajstić information content (AvgIpc) is 3.40. The van der Waals surface area contributed by atoms with Crippen LogP contribution in [0.5, 0.6) is 0 Å². The van der Waals surface area contributed by atoms with E-state index >= 15 is 0 Å². The number of aldehydes is 1. The summed E-state index contributed by atoms with van der Waals surface area (Å²) in [6, 6.07) is 16.9. The van der Waals surface area contributed by atoms with Crippen molar-refractivity contribution >= 4 is 49.9 Å². The Bertz CT molecular complexity index is 1700. The molecule has 184 valence electrons. The van der Waals surface area contributed by atoms with Gasteiger partial charge in [0.2, 0.25) is 0 Å². The monoisotopic (exact) mass is 482 g/mol. The van der Waals surface area contributed by atoms with Gasteiger partial charge in [0.15, 0.2) is 12.0 Å². The van der Waals surface area contributed by atoms with Crippen LogP contribution in [0, 0.1) is 0 Å². The Morgan fingerprint density at radius 1 is 1.06 bits per heavy atom. The van der Waals surface area contributed by atoms with Crippen molar-refractivity contribution < 1.29 is 14.3 Å². The molecule has 3 aromatic carbocycles. The number of carbonyl (C=O) groups is 1. The largest absolute Gasteiger partial charge is 0.375 e. The van der Waals surface area contributed by atoms with E-state index in [9.17, 15) is 4.79 Å². The van der Waals surface area contributed by atoms with Gasteiger partial charge in [-0.15, -0.1) is 0 Å². The fourth-order valence-corrected chi connectivity index (χ4v) is 7.17. The number of carbonyl (C=O) groups excluding carboxylic acids is 1. The lowest BCUT2D eigenvalue weighted by Gasteiger charge is -2.48. The number of aromatic nitrogens is 2. The third-order valence-corrected chi connectivity index (χ3v) is 8.46. The second-order valence-corrected chi connectivity index (χ2v) is 10.1. The maximum atomic E-state index is 12.8. The molecule has 1 saturated heterocycles. The fraction of sp³-hybridized carbons (Fsp3) is 0.345. The first-order valence-electron chi connectivity index (χ1n) is 12.6. The van der Waals surface area contributed by atoms with E-state index in [-0.39, 0.29) is 18.4 Å². The molecule has 2 aliphatic rings. The lowest BCUT2D eigenvalue weighted by atomic mass is 9.93. The number of benzene rings is 3. The number of para-hydroxylation sites is 2. The molecule has 4 atom stereocenters. The van der Waals surface area contributed by atoms with Crippen molar-refractivity contribution in [1.82, 2.24) is 19.8 Å². The van der Waals surface area contributed by atoms with Gasteiger partial charge >= 0.3 is 0 Å². The van der Waals surface area contributed by atoms with Gasteiger partial charge in [0, 0.05) is 53.2 Å². The van der Waals surface area contributed by atoms with Gasteiger partial charge in [-0.25, -0.2) is 0 Å². The van der Waals surface area contributed by atoms with Crippen LogP contribution in [0.2, 0.25) is 0 Å². The van der Waals surface area contributed by atoms with Crippen LogP contribution in [0.4, 0.5) is 0 Å². The van der Waals surface area contributed by atoms with Crippen LogP contribution in [-0.4, -0.2) is 48.8 Å². The van der Waals surface area contributed by atoms with E-state index in [4.69, 9.17) is 9.47 Å². The molecule has 4 unspecified atom stereocenters. The molecule has 2 N–H and O–H groups in total. The van der Waals surface area contributed by atoms with Crippen LogP contribution >= 0.6 is 0 Å². The van der Waals surface area contributed by atoms with E-state index in [0.717, 1.165) is 67.4 Å². The zero-order chi connectivity index (χ0) is 24.8. The highest BCUT2D eigenvalue weighted by molar-refractivity contribution is 6.28. The Hall–Kier alpha value is -3.23.